The van der Waals surface area contributed by atoms with Gasteiger partial charge in [0.15, 0.2) is 0 Å². The average Bonchev–Trinajstić information content (AvgIpc) is 3.87. The first-order chi connectivity index (χ1) is 26.6. The Bertz CT molecular complexity index is 3470. The highest BCUT2D eigenvalue weighted by molar-refractivity contribution is 6.22. The van der Waals surface area contributed by atoms with Gasteiger partial charge in [-0.15, -0.1) is 0 Å². The maximum Gasteiger partial charge on any atom is 0.136 e. The van der Waals surface area contributed by atoms with Gasteiger partial charge in [0.05, 0.1) is 44.6 Å². The molecule has 0 amide bonds. The highest BCUT2D eigenvalue weighted by Crippen LogP contribution is 2.42. The fourth-order valence-corrected chi connectivity index (χ4v) is 8.71. The Morgan fingerprint density at radius 3 is 1.93 bits per heavy atom. The number of furan rings is 1. The maximum atomic E-state index is 10.9. The van der Waals surface area contributed by atoms with Crippen LogP contribution in [0.1, 0.15) is 16.7 Å². The number of nitriles is 2. The normalized spacial score (nSPS) is 11.8. The third-order valence-electron chi connectivity index (χ3n) is 11.1. The van der Waals surface area contributed by atoms with Gasteiger partial charge in [0.25, 0.3) is 0 Å². The van der Waals surface area contributed by atoms with Crippen molar-refractivity contribution in [3.63, 3.8) is 0 Å². The number of aromatic nitrogens is 2. The van der Waals surface area contributed by atoms with Gasteiger partial charge in [-0.05, 0) is 89.0 Å². The molecule has 8 aromatic carbocycles. The summed E-state index contributed by atoms with van der Waals surface area (Å²) in [6.07, 6.45) is 0. The highest BCUT2D eigenvalue weighted by atomic mass is 16.3. The fraction of sp³-hybridized carbons (Fsp3) is 0.0204. The van der Waals surface area contributed by atoms with Crippen molar-refractivity contribution in [2.75, 3.05) is 0 Å². The third kappa shape index (κ3) is 4.12. The number of hydrogen-bond donors (Lipinski definition) is 0. The Morgan fingerprint density at radius 1 is 0.444 bits per heavy atom. The van der Waals surface area contributed by atoms with Crippen molar-refractivity contribution >= 4 is 76.3 Å². The van der Waals surface area contributed by atoms with Gasteiger partial charge in [-0.1, -0.05) is 97.1 Å². The standard InChI is InChI=1S/C49H28N4O/c1-29-10-9-17-46-48(29)39-25-45-37(26-47(39)54-46)36-15-7-8-16-40(36)53(45)44-24-33(27-50)43(23-34(44)28-51)52-41-20-19-32(30-11-3-2-4-12-30)22-38(41)49-35-14-6-5-13-31(35)18-21-42(49)52/h2-26H,1H3. The molecule has 3 heterocycles. The van der Waals surface area contributed by atoms with Gasteiger partial charge >= 0.3 is 0 Å². The van der Waals surface area contributed by atoms with Crippen LogP contribution >= 0.6 is 0 Å². The zero-order valence-corrected chi connectivity index (χ0v) is 29.1. The Hall–Kier alpha value is -7.60. The topological polar surface area (TPSA) is 70.6 Å². The second-order valence-electron chi connectivity index (χ2n) is 14.0. The van der Waals surface area contributed by atoms with E-state index in [0.29, 0.717) is 22.5 Å². The van der Waals surface area contributed by atoms with Crippen LogP contribution in [0.5, 0.6) is 0 Å². The molecule has 0 bridgehead atoms. The van der Waals surface area contributed by atoms with Crippen LogP contribution in [0.4, 0.5) is 0 Å². The smallest absolute Gasteiger partial charge is 0.136 e. The zero-order valence-electron chi connectivity index (χ0n) is 29.1. The monoisotopic (exact) mass is 688 g/mol. The van der Waals surface area contributed by atoms with Gasteiger partial charge in [-0.3, -0.25) is 0 Å². The minimum atomic E-state index is 0.469. The number of nitrogens with zero attached hydrogens (tertiary/aromatic N) is 4. The first kappa shape index (κ1) is 30.1. The summed E-state index contributed by atoms with van der Waals surface area (Å²) in [5.74, 6) is 0. The van der Waals surface area contributed by atoms with E-state index in [0.717, 1.165) is 93.0 Å². The van der Waals surface area contributed by atoms with E-state index >= 15 is 0 Å². The average molecular weight is 689 g/mol. The molecular weight excluding hydrogens is 661 g/mol. The van der Waals surface area contributed by atoms with Crippen molar-refractivity contribution in [1.82, 2.24) is 9.13 Å². The summed E-state index contributed by atoms with van der Waals surface area (Å²) in [5, 5.41) is 30.5. The van der Waals surface area contributed by atoms with E-state index in [1.54, 1.807) is 0 Å². The van der Waals surface area contributed by atoms with Crippen LogP contribution in [0.2, 0.25) is 0 Å². The predicted molar refractivity (Wildman–Crippen MR) is 220 cm³/mol. The molecular formula is C49H28N4O. The molecule has 0 atom stereocenters. The lowest BCUT2D eigenvalue weighted by Crippen LogP contribution is -2.04. The van der Waals surface area contributed by atoms with E-state index in [1.165, 1.54) is 0 Å². The number of aryl methyl sites for hydroxylation is 1. The van der Waals surface area contributed by atoms with Crippen LogP contribution in [0, 0.1) is 29.6 Å². The summed E-state index contributed by atoms with van der Waals surface area (Å²) in [6, 6.07) is 57.1. The lowest BCUT2D eigenvalue weighted by Gasteiger charge is -2.16. The molecule has 0 N–H and O–H groups in total. The molecule has 0 aliphatic heterocycles. The molecule has 0 unspecified atom stereocenters. The van der Waals surface area contributed by atoms with E-state index in [4.69, 9.17) is 4.42 Å². The molecule has 5 heteroatoms. The molecule has 250 valence electrons. The van der Waals surface area contributed by atoms with Crippen LogP contribution in [0.15, 0.2) is 156 Å². The van der Waals surface area contributed by atoms with Gasteiger partial charge < -0.3 is 13.6 Å². The summed E-state index contributed by atoms with van der Waals surface area (Å²) >= 11 is 0. The van der Waals surface area contributed by atoms with Crippen LogP contribution in [-0.4, -0.2) is 9.13 Å². The Kier molecular flexibility index (Phi) is 6.23. The van der Waals surface area contributed by atoms with Crippen LogP contribution in [0.3, 0.4) is 0 Å². The molecule has 11 rings (SSSR count). The number of fused-ring (bicyclic) bond motifs is 11. The first-order valence-corrected chi connectivity index (χ1v) is 18.0. The van der Waals surface area contributed by atoms with Gasteiger partial charge in [-0.25, -0.2) is 0 Å². The lowest BCUT2D eigenvalue weighted by atomic mass is 10.0. The molecule has 11 aromatic rings. The van der Waals surface area contributed by atoms with Crippen LogP contribution < -0.4 is 0 Å². The summed E-state index contributed by atoms with van der Waals surface area (Å²) in [6.45, 7) is 2.10. The van der Waals surface area contributed by atoms with Gasteiger partial charge in [-0.2, -0.15) is 10.5 Å². The van der Waals surface area contributed by atoms with Gasteiger partial charge in [0.1, 0.15) is 23.3 Å². The largest absolute Gasteiger partial charge is 0.456 e. The zero-order chi connectivity index (χ0) is 36.1. The van der Waals surface area contributed by atoms with E-state index in [-0.39, 0.29) is 0 Å². The minimum Gasteiger partial charge on any atom is -0.456 e. The lowest BCUT2D eigenvalue weighted by molar-refractivity contribution is 0.669. The van der Waals surface area contributed by atoms with Crippen molar-refractivity contribution in [2.45, 2.75) is 6.92 Å². The molecule has 0 saturated carbocycles. The SMILES string of the molecule is Cc1cccc2oc3cc4c5ccccc5n(-c5cc(C#N)c(-n6c7ccc(-c8ccccc8)cc7c7c8ccccc8ccc76)cc5C#N)c4cc3c12. The second-order valence-corrected chi connectivity index (χ2v) is 14.0. The second kappa shape index (κ2) is 11.2. The number of para-hydroxylation sites is 1. The highest BCUT2D eigenvalue weighted by Gasteiger charge is 2.23. The van der Waals surface area contributed by atoms with Crippen LogP contribution in [-0.2, 0) is 0 Å². The Balaban J connectivity index is 1.22. The summed E-state index contributed by atoms with van der Waals surface area (Å²) in [4.78, 5) is 0. The molecule has 0 fully saturated rings. The molecule has 0 aliphatic rings. The summed E-state index contributed by atoms with van der Waals surface area (Å²) < 4.78 is 10.7. The molecule has 5 nitrogen and oxygen atoms in total. The van der Waals surface area contributed by atoms with Crippen molar-refractivity contribution in [2.24, 2.45) is 0 Å². The summed E-state index contributed by atoms with van der Waals surface area (Å²) in [5.41, 5.74) is 11.2. The van der Waals surface area contributed by atoms with Crippen molar-refractivity contribution in [3.05, 3.63) is 168 Å². The van der Waals surface area contributed by atoms with Gasteiger partial charge in [0.2, 0.25) is 0 Å². The van der Waals surface area contributed by atoms with E-state index in [9.17, 15) is 10.5 Å². The Labute approximate surface area is 309 Å². The van der Waals surface area contributed by atoms with E-state index in [1.807, 2.05) is 42.5 Å². The third-order valence-corrected chi connectivity index (χ3v) is 11.1. The van der Waals surface area contributed by atoms with E-state index in [2.05, 4.69) is 137 Å². The molecule has 54 heavy (non-hydrogen) atoms. The molecule has 0 spiro atoms. The molecule has 0 radical (unpaired) electrons. The maximum absolute atomic E-state index is 10.9. The molecule has 3 aromatic heterocycles. The number of benzene rings is 8. The summed E-state index contributed by atoms with van der Waals surface area (Å²) in [7, 11) is 0. The fourth-order valence-electron chi connectivity index (χ4n) is 8.71. The Morgan fingerprint density at radius 2 is 1.13 bits per heavy atom. The number of hydrogen-bond acceptors (Lipinski definition) is 3. The molecule has 0 saturated heterocycles. The van der Waals surface area contributed by atoms with Gasteiger partial charge in [0, 0.05) is 32.3 Å². The molecule has 0 aliphatic carbocycles. The number of rotatable bonds is 3. The minimum absolute atomic E-state index is 0.469. The van der Waals surface area contributed by atoms with Crippen molar-refractivity contribution in [1.29, 1.82) is 10.5 Å². The van der Waals surface area contributed by atoms with E-state index < -0.39 is 0 Å². The first-order valence-electron chi connectivity index (χ1n) is 18.0. The quantitative estimate of drug-likeness (QED) is 0.185. The van der Waals surface area contributed by atoms with Crippen molar-refractivity contribution in [3.8, 4) is 34.6 Å². The van der Waals surface area contributed by atoms with Crippen LogP contribution in [0.25, 0.3) is 98.8 Å². The van der Waals surface area contributed by atoms with Crippen molar-refractivity contribution < 1.29 is 4.42 Å². The predicted octanol–water partition coefficient (Wildman–Crippen LogP) is 12.7.